The second-order valence-corrected chi connectivity index (χ2v) is 7.30. The van der Waals surface area contributed by atoms with Crippen molar-refractivity contribution in [3.05, 3.63) is 51.0 Å². The summed E-state index contributed by atoms with van der Waals surface area (Å²) in [6.45, 7) is 7.37. The number of nitrogens with one attached hydrogen (secondary N) is 1. The molecule has 0 aliphatic carbocycles. The Morgan fingerprint density at radius 1 is 0.964 bits per heavy atom. The quantitative estimate of drug-likeness (QED) is 0.653. The molecule has 0 heterocycles. The molecule has 1 unspecified atom stereocenters. The number of halogens is 1. The summed E-state index contributed by atoms with van der Waals surface area (Å²) in [5.41, 5.74) is 3.97. The summed E-state index contributed by atoms with van der Waals surface area (Å²) in [4.78, 5) is 25.0. The van der Waals surface area contributed by atoms with Crippen LogP contribution in [0.4, 0.5) is 5.69 Å². The summed E-state index contributed by atoms with van der Waals surface area (Å²) in [5, 5.41) is 2.84. The van der Waals surface area contributed by atoms with Crippen LogP contribution in [-0.2, 0) is 9.53 Å². The maximum Gasteiger partial charge on any atom is 0.339 e. The molecule has 150 valence electrons. The molecule has 0 aliphatic rings. The highest BCUT2D eigenvalue weighted by atomic mass is 79.9. The molecular formula is C21H24BrNO5. The lowest BCUT2D eigenvalue weighted by Crippen LogP contribution is -2.30. The van der Waals surface area contributed by atoms with Crippen molar-refractivity contribution in [2.45, 2.75) is 33.8 Å². The number of rotatable bonds is 6. The third-order valence-corrected chi connectivity index (χ3v) is 5.04. The fraction of sp³-hybridized carbons (Fsp3) is 0.333. The van der Waals surface area contributed by atoms with Gasteiger partial charge in [-0.1, -0.05) is 17.7 Å². The molecule has 2 rings (SSSR count). The van der Waals surface area contributed by atoms with Crippen LogP contribution in [0.15, 0.2) is 28.7 Å². The van der Waals surface area contributed by atoms with E-state index in [0.717, 1.165) is 22.4 Å². The number of anilines is 1. The average molecular weight is 450 g/mol. The number of hydrogen-bond acceptors (Lipinski definition) is 5. The fourth-order valence-corrected chi connectivity index (χ4v) is 3.42. The minimum absolute atomic E-state index is 0.222. The van der Waals surface area contributed by atoms with Crippen molar-refractivity contribution in [2.75, 3.05) is 19.5 Å². The van der Waals surface area contributed by atoms with Crippen molar-refractivity contribution in [1.29, 1.82) is 0 Å². The molecule has 0 saturated heterocycles. The lowest BCUT2D eigenvalue weighted by atomic mass is 10.0. The number of aryl methyl sites for hydroxylation is 3. The lowest BCUT2D eigenvalue weighted by molar-refractivity contribution is -0.123. The SMILES string of the molecule is COc1cc(C(=O)OC(C)C(=O)Nc2c(C)cc(C)cc2C)cc(OC)c1Br. The summed E-state index contributed by atoms with van der Waals surface area (Å²) in [6, 6.07) is 7.01. The van der Waals surface area contributed by atoms with Gasteiger partial charge in [-0.05, 0) is 66.9 Å². The van der Waals surface area contributed by atoms with Crippen LogP contribution in [0.2, 0.25) is 0 Å². The van der Waals surface area contributed by atoms with Crippen LogP contribution in [0.3, 0.4) is 0 Å². The molecule has 0 aromatic heterocycles. The normalized spacial score (nSPS) is 11.5. The predicted octanol–water partition coefficient (Wildman–Crippen LogP) is 4.58. The van der Waals surface area contributed by atoms with Gasteiger partial charge in [-0.25, -0.2) is 4.79 Å². The van der Waals surface area contributed by atoms with E-state index in [2.05, 4.69) is 21.2 Å². The fourth-order valence-electron chi connectivity index (χ4n) is 2.87. The molecule has 0 spiro atoms. The van der Waals surface area contributed by atoms with Crippen LogP contribution in [0.5, 0.6) is 11.5 Å². The number of benzene rings is 2. The maximum absolute atomic E-state index is 12.5. The minimum Gasteiger partial charge on any atom is -0.495 e. The Hall–Kier alpha value is -2.54. The maximum atomic E-state index is 12.5. The number of esters is 1. The number of hydrogen-bond donors (Lipinski definition) is 1. The van der Waals surface area contributed by atoms with Gasteiger partial charge in [0, 0.05) is 5.69 Å². The molecule has 1 atom stereocenters. The zero-order chi connectivity index (χ0) is 21.0. The first-order valence-corrected chi connectivity index (χ1v) is 9.48. The van der Waals surface area contributed by atoms with Gasteiger partial charge >= 0.3 is 5.97 Å². The van der Waals surface area contributed by atoms with Gasteiger partial charge in [0.15, 0.2) is 6.10 Å². The molecule has 6 nitrogen and oxygen atoms in total. The third kappa shape index (κ3) is 4.84. The van der Waals surface area contributed by atoms with Crippen LogP contribution in [0.25, 0.3) is 0 Å². The van der Waals surface area contributed by atoms with E-state index >= 15 is 0 Å². The van der Waals surface area contributed by atoms with Gasteiger partial charge in [0.2, 0.25) is 0 Å². The minimum atomic E-state index is -0.978. The van der Waals surface area contributed by atoms with Crippen LogP contribution in [0, 0.1) is 20.8 Å². The van der Waals surface area contributed by atoms with Crippen molar-refractivity contribution < 1.29 is 23.8 Å². The van der Waals surface area contributed by atoms with Gasteiger partial charge in [-0.15, -0.1) is 0 Å². The molecule has 0 saturated carbocycles. The Balaban J connectivity index is 2.15. The van der Waals surface area contributed by atoms with E-state index in [9.17, 15) is 9.59 Å². The third-order valence-electron chi connectivity index (χ3n) is 4.26. The van der Waals surface area contributed by atoms with Gasteiger partial charge in [0.25, 0.3) is 5.91 Å². The molecule has 0 aliphatic heterocycles. The molecule has 28 heavy (non-hydrogen) atoms. The van der Waals surface area contributed by atoms with E-state index < -0.39 is 18.0 Å². The van der Waals surface area contributed by atoms with Crippen LogP contribution in [0.1, 0.15) is 34.0 Å². The highest BCUT2D eigenvalue weighted by Crippen LogP contribution is 2.35. The Morgan fingerprint density at radius 2 is 1.46 bits per heavy atom. The second-order valence-electron chi connectivity index (χ2n) is 6.51. The Bertz CT molecular complexity index is 862. The van der Waals surface area contributed by atoms with Crippen molar-refractivity contribution in [2.24, 2.45) is 0 Å². The highest BCUT2D eigenvalue weighted by molar-refractivity contribution is 9.10. The van der Waals surface area contributed by atoms with E-state index in [0.29, 0.717) is 16.0 Å². The van der Waals surface area contributed by atoms with Gasteiger partial charge in [0.1, 0.15) is 16.0 Å². The summed E-state index contributed by atoms with van der Waals surface area (Å²) in [7, 11) is 2.97. The van der Waals surface area contributed by atoms with Gasteiger partial charge in [-0.3, -0.25) is 4.79 Å². The zero-order valence-electron chi connectivity index (χ0n) is 16.8. The highest BCUT2D eigenvalue weighted by Gasteiger charge is 2.22. The summed E-state index contributed by atoms with van der Waals surface area (Å²) in [5.74, 6) is -0.202. The smallest absolute Gasteiger partial charge is 0.339 e. The number of methoxy groups -OCH3 is 2. The number of carbonyl (C=O) groups excluding carboxylic acids is 2. The Labute approximate surface area is 173 Å². The van der Waals surface area contributed by atoms with Gasteiger partial charge < -0.3 is 19.5 Å². The van der Waals surface area contributed by atoms with Crippen molar-refractivity contribution in [3.63, 3.8) is 0 Å². The summed E-state index contributed by atoms with van der Waals surface area (Å²) in [6.07, 6.45) is -0.978. The van der Waals surface area contributed by atoms with Gasteiger partial charge in [-0.2, -0.15) is 0 Å². The number of ether oxygens (including phenoxy) is 3. The summed E-state index contributed by atoms with van der Waals surface area (Å²) < 4.78 is 16.4. The van der Waals surface area contributed by atoms with Crippen LogP contribution in [-0.4, -0.2) is 32.2 Å². The van der Waals surface area contributed by atoms with Crippen LogP contribution >= 0.6 is 15.9 Å². The Kier molecular flexibility index (Phi) is 7.07. The second kappa shape index (κ2) is 9.10. The lowest BCUT2D eigenvalue weighted by Gasteiger charge is -2.17. The first-order chi connectivity index (χ1) is 13.2. The first-order valence-electron chi connectivity index (χ1n) is 8.69. The summed E-state index contributed by atoms with van der Waals surface area (Å²) >= 11 is 3.35. The van der Waals surface area contributed by atoms with E-state index in [1.807, 2.05) is 32.9 Å². The first kappa shape index (κ1) is 21.8. The van der Waals surface area contributed by atoms with E-state index in [1.54, 1.807) is 0 Å². The van der Waals surface area contributed by atoms with E-state index in [4.69, 9.17) is 14.2 Å². The monoisotopic (exact) mass is 449 g/mol. The van der Waals surface area contributed by atoms with Gasteiger partial charge in [0.05, 0.1) is 19.8 Å². The largest absolute Gasteiger partial charge is 0.495 e. The molecule has 0 bridgehead atoms. The molecule has 0 radical (unpaired) electrons. The molecule has 2 aromatic rings. The predicted molar refractivity (Wildman–Crippen MR) is 111 cm³/mol. The molecule has 0 fully saturated rings. The van der Waals surface area contributed by atoms with Crippen molar-refractivity contribution in [3.8, 4) is 11.5 Å². The zero-order valence-corrected chi connectivity index (χ0v) is 18.4. The standard InChI is InChI=1S/C21H24BrNO5/c1-11-7-12(2)19(13(3)8-11)23-20(24)14(4)28-21(25)15-9-16(26-5)18(22)17(10-15)27-6/h7-10,14H,1-6H3,(H,23,24). The van der Waals surface area contributed by atoms with Crippen molar-refractivity contribution >= 4 is 33.5 Å². The van der Waals surface area contributed by atoms with Crippen molar-refractivity contribution in [1.82, 2.24) is 0 Å². The Morgan fingerprint density at radius 3 is 1.93 bits per heavy atom. The average Bonchev–Trinajstić information content (AvgIpc) is 2.64. The molecular weight excluding hydrogens is 426 g/mol. The molecule has 7 heteroatoms. The topological polar surface area (TPSA) is 73.9 Å². The van der Waals surface area contributed by atoms with E-state index in [-0.39, 0.29) is 5.56 Å². The molecule has 1 amide bonds. The molecule has 2 aromatic carbocycles. The van der Waals surface area contributed by atoms with E-state index in [1.165, 1.54) is 33.3 Å². The van der Waals surface area contributed by atoms with Crippen LogP contribution < -0.4 is 14.8 Å². The number of amides is 1. The number of carbonyl (C=O) groups is 2. The molecule has 1 N–H and O–H groups in total.